The molecule has 1 aromatic rings. The maximum absolute atomic E-state index is 8.81. The van der Waals surface area contributed by atoms with Gasteiger partial charge in [0, 0.05) is 24.8 Å². The molecule has 0 amide bonds. The molecule has 4 nitrogen and oxygen atoms in total. The van der Waals surface area contributed by atoms with Crippen molar-refractivity contribution in [2.24, 2.45) is 11.3 Å². The van der Waals surface area contributed by atoms with E-state index in [1.54, 1.807) is 4.68 Å². The molecule has 0 aromatic carbocycles. The van der Waals surface area contributed by atoms with Crippen molar-refractivity contribution in [1.29, 1.82) is 0 Å². The van der Waals surface area contributed by atoms with Crippen LogP contribution in [0.3, 0.4) is 0 Å². The molecule has 3 rings (SSSR count). The van der Waals surface area contributed by atoms with Crippen LogP contribution < -0.4 is 5.32 Å². The molecule has 2 saturated carbocycles. The van der Waals surface area contributed by atoms with Gasteiger partial charge in [0.15, 0.2) is 0 Å². The molecular formula is C13H21N3O. The van der Waals surface area contributed by atoms with E-state index in [0.29, 0.717) is 12.0 Å². The second kappa shape index (κ2) is 4.42. The van der Waals surface area contributed by atoms with E-state index in [4.69, 9.17) is 5.11 Å². The van der Waals surface area contributed by atoms with Gasteiger partial charge in [-0.25, -0.2) is 0 Å². The minimum Gasteiger partial charge on any atom is -0.394 e. The summed E-state index contributed by atoms with van der Waals surface area (Å²) in [5, 5.41) is 16.6. The van der Waals surface area contributed by atoms with Crippen LogP contribution in [0.25, 0.3) is 0 Å². The molecule has 2 fully saturated rings. The summed E-state index contributed by atoms with van der Waals surface area (Å²) in [6.45, 7) is 2.81. The number of hydrogen-bond donors (Lipinski definition) is 2. The van der Waals surface area contributed by atoms with E-state index in [-0.39, 0.29) is 6.61 Å². The largest absolute Gasteiger partial charge is 0.394 e. The molecule has 0 saturated heterocycles. The highest BCUT2D eigenvalue weighted by Crippen LogP contribution is 2.60. The van der Waals surface area contributed by atoms with Crippen LogP contribution in [0.15, 0.2) is 12.4 Å². The van der Waals surface area contributed by atoms with Gasteiger partial charge in [-0.2, -0.15) is 5.10 Å². The van der Waals surface area contributed by atoms with Crippen molar-refractivity contribution in [2.45, 2.75) is 38.8 Å². The lowest BCUT2D eigenvalue weighted by molar-refractivity contribution is 0.269. The highest BCUT2D eigenvalue weighted by atomic mass is 16.3. The molecule has 0 aliphatic heterocycles. The van der Waals surface area contributed by atoms with Crippen LogP contribution in [0, 0.1) is 11.3 Å². The average Bonchev–Trinajstić information content (AvgIpc) is 3.20. The van der Waals surface area contributed by atoms with Gasteiger partial charge in [-0.05, 0) is 37.0 Å². The van der Waals surface area contributed by atoms with Crippen LogP contribution in [0.1, 0.15) is 31.2 Å². The molecule has 0 atom stereocenters. The SMILES string of the molecule is OCCn1cc(CNCC2(C3CC3)CC2)cn1. The van der Waals surface area contributed by atoms with Crippen LogP contribution in [-0.2, 0) is 13.1 Å². The molecule has 4 heteroatoms. The number of rotatable bonds is 7. The summed E-state index contributed by atoms with van der Waals surface area (Å²) in [6.07, 6.45) is 9.66. The van der Waals surface area contributed by atoms with Crippen molar-refractivity contribution in [3.05, 3.63) is 18.0 Å². The van der Waals surface area contributed by atoms with Gasteiger partial charge in [0.1, 0.15) is 0 Å². The van der Waals surface area contributed by atoms with Crippen LogP contribution >= 0.6 is 0 Å². The molecule has 1 aromatic heterocycles. The van der Waals surface area contributed by atoms with Crippen LogP contribution in [0.2, 0.25) is 0 Å². The Morgan fingerprint density at radius 2 is 2.29 bits per heavy atom. The third-order valence-corrected chi connectivity index (χ3v) is 4.16. The van der Waals surface area contributed by atoms with Crippen LogP contribution in [-0.4, -0.2) is 28.0 Å². The van der Waals surface area contributed by atoms with E-state index in [1.807, 2.05) is 12.4 Å². The van der Waals surface area contributed by atoms with Gasteiger partial charge in [0.25, 0.3) is 0 Å². The van der Waals surface area contributed by atoms with Crippen molar-refractivity contribution in [2.75, 3.05) is 13.2 Å². The summed E-state index contributed by atoms with van der Waals surface area (Å²) in [7, 11) is 0. The lowest BCUT2D eigenvalue weighted by atomic mass is 10.0. The summed E-state index contributed by atoms with van der Waals surface area (Å²) >= 11 is 0. The molecule has 0 radical (unpaired) electrons. The Labute approximate surface area is 102 Å². The fourth-order valence-corrected chi connectivity index (χ4v) is 2.76. The van der Waals surface area contributed by atoms with Gasteiger partial charge in [0.05, 0.1) is 19.3 Å². The van der Waals surface area contributed by atoms with Crippen molar-refractivity contribution in [1.82, 2.24) is 15.1 Å². The van der Waals surface area contributed by atoms with Crippen molar-refractivity contribution in [3.8, 4) is 0 Å². The molecule has 2 aliphatic rings. The van der Waals surface area contributed by atoms with Crippen molar-refractivity contribution >= 4 is 0 Å². The zero-order valence-electron chi connectivity index (χ0n) is 10.2. The maximum atomic E-state index is 8.81. The minimum atomic E-state index is 0.152. The Kier molecular flexibility index (Phi) is 2.92. The third-order valence-electron chi connectivity index (χ3n) is 4.16. The second-order valence-corrected chi connectivity index (χ2v) is 5.58. The molecule has 94 valence electrons. The lowest BCUT2D eigenvalue weighted by Crippen LogP contribution is -2.24. The Hall–Kier alpha value is -0.870. The van der Waals surface area contributed by atoms with E-state index in [9.17, 15) is 0 Å². The number of aliphatic hydroxyl groups is 1. The fourth-order valence-electron chi connectivity index (χ4n) is 2.76. The van der Waals surface area contributed by atoms with Crippen LogP contribution in [0.5, 0.6) is 0 Å². The van der Waals surface area contributed by atoms with E-state index in [2.05, 4.69) is 10.4 Å². The minimum absolute atomic E-state index is 0.152. The van der Waals surface area contributed by atoms with Gasteiger partial charge < -0.3 is 10.4 Å². The molecule has 2 N–H and O–H groups in total. The third kappa shape index (κ3) is 2.53. The van der Waals surface area contributed by atoms with E-state index in [0.717, 1.165) is 12.5 Å². The molecule has 17 heavy (non-hydrogen) atoms. The zero-order valence-corrected chi connectivity index (χ0v) is 10.2. The smallest absolute Gasteiger partial charge is 0.0640 e. The number of nitrogens with zero attached hydrogens (tertiary/aromatic N) is 2. The molecule has 0 spiro atoms. The first-order valence-corrected chi connectivity index (χ1v) is 6.65. The number of aromatic nitrogens is 2. The highest BCUT2D eigenvalue weighted by molar-refractivity contribution is 5.07. The number of nitrogens with one attached hydrogen (secondary N) is 1. The predicted molar refractivity (Wildman–Crippen MR) is 65.4 cm³/mol. The van der Waals surface area contributed by atoms with Gasteiger partial charge in [-0.15, -0.1) is 0 Å². The standard InChI is InChI=1S/C13H21N3O/c17-6-5-16-9-11(8-15-16)7-14-10-13(3-4-13)12-1-2-12/h8-9,12,14,17H,1-7,10H2. The molecule has 0 unspecified atom stereocenters. The quantitative estimate of drug-likeness (QED) is 0.745. The summed E-state index contributed by atoms with van der Waals surface area (Å²) < 4.78 is 1.80. The van der Waals surface area contributed by atoms with Crippen molar-refractivity contribution < 1.29 is 5.11 Å². The first-order valence-electron chi connectivity index (χ1n) is 6.65. The monoisotopic (exact) mass is 235 g/mol. The normalized spacial score (nSPS) is 21.7. The first-order chi connectivity index (χ1) is 8.32. The Balaban J connectivity index is 1.44. The highest BCUT2D eigenvalue weighted by Gasteiger charge is 2.53. The van der Waals surface area contributed by atoms with Gasteiger partial charge in [-0.1, -0.05) is 0 Å². The molecule has 2 aliphatic carbocycles. The van der Waals surface area contributed by atoms with E-state index in [1.165, 1.54) is 37.8 Å². The second-order valence-electron chi connectivity index (χ2n) is 5.58. The average molecular weight is 235 g/mol. The Bertz CT molecular complexity index is 380. The Morgan fingerprint density at radius 1 is 1.47 bits per heavy atom. The van der Waals surface area contributed by atoms with Gasteiger partial charge in [-0.3, -0.25) is 4.68 Å². The summed E-state index contributed by atoms with van der Waals surface area (Å²) in [4.78, 5) is 0. The van der Waals surface area contributed by atoms with Gasteiger partial charge >= 0.3 is 0 Å². The Morgan fingerprint density at radius 3 is 2.94 bits per heavy atom. The number of hydrogen-bond acceptors (Lipinski definition) is 3. The zero-order chi connectivity index (χ0) is 11.7. The van der Waals surface area contributed by atoms with E-state index >= 15 is 0 Å². The summed E-state index contributed by atoms with van der Waals surface area (Å²) in [5.74, 6) is 1.02. The topological polar surface area (TPSA) is 50.1 Å². The first kappa shape index (κ1) is 11.2. The fraction of sp³-hybridized carbons (Fsp3) is 0.769. The molecular weight excluding hydrogens is 214 g/mol. The summed E-state index contributed by atoms with van der Waals surface area (Å²) in [5.41, 5.74) is 1.88. The van der Waals surface area contributed by atoms with Gasteiger partial charge in [0.2, 0.25) is 0 Å². The maximum Gasteiger partial charge on any atom is 0.0640 e. The van der Waals surface area contributed by atoms with E-state index < -0.39 is 0 Å². The number of aliphatic hydroxyl groups excluding tert-OH is 1. The predicted octanol–water partition coefficient (Wildman–Crippen LogP) is 1.16. The molecule has 1 heterocycles. The van der Waals surface area contributed by atoms with Crippen molar-refractivity contribution in [3.63, 3.8) is 0 Å². The molecule has 0 bridgehead atoms. The van der Waals surface area contributed by atoms with Crippen LogP contribution in [0.4, 0.5) is 0 Å². The lowest BCUT2D eigenvalue weighted by Gasteiger charge is -2.14. The summed E-state index contributed by atoms with van der Waals surface area (Å²) in [6, 6.07) is 0.